The molecule has 1 aromatic rings. The van der Waals surface area contributed by atoms with Crippen LogP contribution in [0.3, 0.4) is 0 Å². The molecule has 0 aliphatic carbocycles. The van der Waals surface area contributed by atoms with Crippen LogP contribution in [-0.4, -0.2) is 14.7 Å². The highest BCUT2D eigenvalue weighted by molar-refractivity contribution is 7.05. The van der Waals surface area contributed by atoms with Crippen LogP contribution in [0.4, 0.5) is 0 Å². The van der Waals surface area contributed by atoms with Gasteiger partial charge in [0.05, 0.1) is 16.7 Å². The number of aliphatic hydroxyl groups is 1. The third-order valence-corrected chi connectivity index (χ3v) is 2.56. The van der Waals surface area contributed by atoms with Crippen molar-refractivity contribution in [1.29, 1.82) is 0 Å². The molecule has 12 heavy (non-hydrogen) atoms. The van der Waals surface area contributed by atoms with E-state index in [2.05, 4.69) is 16.2 Å². The number of rotatable bonds is 4. The smallest absolute Gasteiger partial charge is 0.0919 e. The maximum absolute atomic E-state index is 9.60. The van der Waals surface area contributed by atoms with E-state index in [9.17, 15) is 5.11 Å². The molecule has 0 radical (unpaired) electrons. The lowest BCUT2D eigenvalue weighted by atomic mass is 10.1. The fourth-order valence-electron chi connectivity index (χ4n) is 0.950. The molecule has 1 atom stereocenters. The van der Waals surface area contributed by atoms with E-state index >= 15 is 0 Å². The topological polar surface area (TPSA) is 46.0 Å². The van der Waals surface area contributed by atoms with Crippen LogP contribution in [0, 0.1) is 6.92 Å². The van der Waals surface area contributed by atoms with Gasteiger partial charge in [-0.05, 0) is 31.3 Å². The van der Waals surface area contributed by atoms with Crippen LogP contribution in [0.5, 0.6) is 0 Å². The van der Waals surface area contributed by atoms with Crippen LogP contribution in [0.25, 0.3) is 0 Å². The van der Waals surface area contributed by atoms with Crippen LogP contribution in [0.15, 0.2) is 12.7 Å². The zero-order valence-electron chi connectivity index (χ0n) is 7.03. The molecule has 0 aliphatic heterocycles. The average Bonchev–Trinajstić information content (AvgIpc) is 2.47. The molecule has 1 rings (SSSR count). The van der Waals surface area contributed by atoms with Gasteiger partial charge in [-0.3, -0.25) is 0 Å². The third-order valence-electron chi connectivity index (χ3n) is 1.63. The molecule has 3 nitrogen and oxygen atoms in total. The van der Waals surface area contributed by atoms with Gasteiger partial charge in [0.2, 0.25) is 0 Å². The van der Waals surface area contributed by atoms with Crippen LogP contribution >= 0.6 is 11.5 Å². The summed E-state index contributed by atoms with van der Waals surface area (Å²) < 4.78 is 3.76. The molecule has 0 fully saturated rings. The molecule has 1 N–H and O–H groups in total. The molecule has 0 saturated heterocycles. The molecule has 0 amide bonds. The molecular formula is C8H12N2OS. The van der Waals surface area contributed by atoms with Crippen molar-refractivity contribution in [3.8, 4) is 0 Å². The highest BCUT2D eigenvalue weighted by atomic mass is 32.1. The first-order chi connectivity index (χ1) is 5.75. The van der Waals surface area contributed by atoms with Crippen molar-refractivity contribution < 1.29 is 5.11 Å². The van der Waals surface area contributed by atoms with Gasteiger partial charge in [-0.1, -0.05) is 10.6 Å². The number of nitrogens with zero attached hydrogens (tertiary/aromatic N) is 2. The number of aliphatic hydroxyl groups excluding tert-OH is 1. The highest BCUT2D eigenvalue weighted by Gasteiger charge is 2.12. The van der Waals surface area contributed by atoms with E-state index < -0.39 is 6.10 Å². The number of aryl methyl sites for hydroxylation is 1. The number of hydrogen-bond acceptors (Lipinski definition) is 4. The normalized spacial score (nSPS) is 12.8. The summed E-state index contributed by atoms with van der Waals surface area (Å²) in [5.41, 5.74) is 0.830. The monoisotopic (exact) mass is 184 g/mol. The second-order valence-corrected chi connectivity index (χ2v) is 3.39. The molecule has 0 aliphatic rings. The van der Waals surface area contributed by atoms with Crippen molar-refractivity contribution in [2.45, 2.75) is 25.9 Å². The van der Waals surface area contributed by atoms with E-state index in [0.717, 1.165) is 17.0 Å². The molecule has 0 bridgehead atoms. The Bertz CT molecular complexity index is 259. The molecule has 1 heterocycles. The van der Waals surface area contributed by atoms with Gasteiger partial charge >= 0.3 is 0 Å². The summed E-state index contributed by atoms with van der Waals surface area (Å²) in [5.74, 6) is 0. The minimum absolute atomic E-state index is 0.428. The average molecular weight is 184 g/mol. The molecule has 0 spiro atoms. The Hall–Kier alpha value is -0.740. The molecular weight excluding hydrogens is 172 g/mol. The first-order valence-electron chi connectivity index (χ1n) is 3.83. The summed E-state index contributed by atoms with van der Waals surface area (Å²) >= 11 is 1.26. The van der Waals surface area contributed by atoms with Crippen LogP contribution in [-0.2, 0) is 0 Å². The van der Waals surface area contributed by atoms with E-state index in [0.29, 0.717) is 6.42 Å². The summed E-state index contributed by atoms with van der Waals surface area (Å²) in [6.45, 7) is 5.45. The molecule has 0 saturated carbocycles. The Balaban J connectivity index is 2.58. The molecule has 0 aromatic carbocycles. The SMILES string of the molecule is C=CCCC(O)c1snnc1C. The maximum atomic E-state index is 9.60. The summed E-state index contributed by atoms with van der Waals surface area (Å²) in [6, 6.07) is 0. The Morgan fingerprint density at radius 1 is 1.75 bits per heavy atom. The minimum atomic E-state index is -0.428. The lowest BCUT2D eigenvalue weighted by molar-refractivity contribution is 0.171. The lowest BCUT2D eigenvalue weighted by Crippen LogP contribution is -1.95. The van der Waals surface area contributed by atoms with E-state index in [4.69, 9.17) is 0 Å². The van der Waals surface area contributed by atoms with Gasteiger partial charge in [0.1, 0.15) is 0 Å². The van der Waals surface area contributed by atoms with Gasteiger partial charge in [-0.2, -0.15) is 0 Å². The van der Waals surface area contributed by atoms with Crippen molar-refractivity contribution in [3.05, 3.63) is 23.2 Å². The summed E-state index contributed by atoms with van der Waals surface area (Å²) in [5, 5.41) is 13.4. The minimum Gasteiger partial charge on any atom is -0.387 e. The fourth-order valence-corrected chi connectivity index (χ4v) is 1.61. The van der Waals surface area contributed by atoms with E-state index in [-0.39, 0.29) is 0 Å². The number of allylic oxidation sites excluding steroid dienone is 1. The van der Waals surface area contributed by atoms with Crippen molar-refractivity contribution in [1.82, 2.24) is 9.59 Å². The van der Waals surface area contributed by atoms with Crippen molar-refractivity contribution >= 4 is 11.5 Å². The van der Waals surface area contributed by atoms with Gasteiger partial charge in [0.25, 0.3) is 0 Å². The molecule has 1 unspecified atom stereocenters. The van der Waals surface area contributed by atoms with Crippen molar-refractivity contribution in [3.63, 3.8) is 0 Å². The summed E-state index contributed by atoms with van der Waals surface area (Å²) in [6.07, 6.45) is 2.89. The Morgan fingerprint density at radius 2 is 2.50 bits per heavy atom. The fraction of sp³-hybridized carbons (Fsp3) is 0.500. The van der Waals surface area contributed by atoms with Crippen LogP contribution in [0.2, 0.25) is 0 Å². The van der Waals surface area contributed by atoms with Gasteiger partial charge in [-0.25, -0.2) is 0 Å². The Kier molecular flexibility index (Phi) is 3.37. The second-order valence-electron chi connectivity index (χ2n) is 2.60. The Labute approximate surface area is 75.9 Å². The number of aromatic nitrogens is 2. The summed E-state index contributed by atoms with van der Waals surface area (Å²) in [4.78, 5) is 0.872. The molecule has 4 heteroatoms. The van der Waals surface area contributed by atoms with Gasteiger partial charge in [0.15, 0.2) is 0 Å². The van der Waals surface area contributed by atoms with Gasteiger partial charge in [-0.15, -0.1) is 11.7 Å². The largest absolute Gasteiger partial charge is 0.387 e. The van der Waals surface area contributed by atoms with Gasteiger partial charge < -0.3 is 5.11 Å². The third kappa shape index (κ3) is 2.12. The van der Waals surface area contributed by atoms with Gasteiger partial charge in [0, 0.05) is 0 Å². The van der Waals surface area contributed by atoms with Crippen LogP contribution < -0.4 is 0 Å². The van der Waals surface area contributed by atoms with Crippen molar-refractivity contribution in [2.24, 2.45) is 0 Å². The first-order valence-corrected chi connectivity index (χ1v) is 4.61. The highest BCUT2D eigenvalue weighted by Crippen LogP contribution is 2.23. The van der Waals surface area contributed by atoms with E-state index in [1.807, 2.05) is 6.92 Å². The first kappa shape index (κ1) is 9.35. The van der Waals surface area contributed by atoms with E-state index in [1.165, 1.54) is 11.5 Å². The maximum Gasteiger partial charge on any atom is 0.0919 e. The quantitative estimate of drug-likeness (QED) is 0.726. The molecule has 66 valence electrons. The zero-order chi connectivity index (χ0) is 8.97. The second kappa shape index (κ2) is 4.33. The number of hydrogen-bond donors (Lipinski definition) is 1. The summed E-state index contributed by atoms with van der Waals surface area (Å²) in [7, 11) is 0. The molecule has 1 aromatic heterocycles. The predicted molar refractivity (Wildman–Crippen MR) is 49.0 cm³/mol. The van der Waals surface area contributed by atoms with Crippen LogP contribution in [0.1, 0.15) is 29.5 Å². The standard InChI is InChI=1S/C8H12N2OS/c1-3-4-5-7(11)8-6(2)9-10-12-8/h3,7,11H,1,4-5H2,2H3. The zero-order valence-corrected chi connectivity index (χ0v) is 7.84. The van der Waals surface area contributed by atoms with E-state index in [1.54, 1.807) is 6.08 Å². The lowest BCUT2D eigenvalue weighted by Gasteiger charge is -2.05. The predicted octanol–water partition coefficient (Wildman–Crippen LogP) is 1.85. The van der Waals surface area contributed by atoms with Crippen molar-refractivity contribution in [2.75, 3.05) is 0 Å². The Morgan fingerprint density at radius 3 is 3.00 bits per heavy atom.